The van der Waals surface area contributed by atoms with E-state index in [0.717, 1.165) is 6.42 Å². The number of ether oxygens (including phenoxy) is 1. The number of aromatic nitrogens is 3. The second-order valence-corrected chi connectivity index (χ2v) is 4.80. The van der Waals surface area contributed by atoms with E-state index in [1.54, 1.807) is 24.3 Å². The lowest BCUT2D eigenvalue weighted by molar-refractivity contribution is -0.121. The molecule has 0 atom stereocenters. The average Bonchev–Trinajstić information content (AvgIpc) is 2.96. The number of nitrogens with one attached hydrogen (secondary N) is 1. The molecule has 0 aliphatic carbocycles. The van der Waals surface area contributed by atoms with Crippen molar-refractivity contribution in [3.05, 3.63) is 30.0 Å². The van der Waals surface area contributed by atoms with Crippen LogP contribution in [0.3, 0.4) is 0 Å². The molecule has 1 aromatic heterocycles. The second-order valence-electron chi connectivity index (χ2n) is 4.80. The van der Waals surface area contributed by atoms with Crippen molar-refractivity contribution in [2.45, 2.75) is 19.9 Å². The lowest BCUT2D eigenvalue weighted by Gasteiger charge is -2.11. The van der Waals surface area contributed by atoms with Crippen LogP contribution in [0, 0.1) is 0 Å². The van der Waals surface area contributed by atoms with Gasteiger partial charge in [-0.15, -0.1) is 5.10 Å². The number of nitrogens with zero attached hydrogens (tertiary/aromatic N) is 3. The van der Waals surface area contributed by atoms with E-state index in [0.29, 0.717) is 17.9 Å². The van der Waals surface area contributed by atoms with Crippen molar-refractivity contribution in [3.8, 4) is 17.0 Å². The molecule has 0 saturated carbocycles. The van der Waals surface area contributed by atoms with Crippen LogP contribution in [0.1, 0.15) is 23.8 Å². The highest BCUT2D eigenvalue weighted by molar-refractivity contribution is 5.94. The molecule has 1 aromatic carbocycles. The molecular formula is C15H18N4O4. The molecule has 8 nitrogen and oxygen atoms in total. The first kappa shape index (κ1) is 16.5. The van der Waals surface area contributed by atoms with Crippen molar-refractivity contribution in [2.24, 2.45) is 0 Å². The Morgan fingerprint density at radius 2 is 2.09 bits per heavy atom. The molecule has 2 rings (SSSR count). The first-order valence-electron chi connectivity index (χ1n) is 7.15. The Hall–Kier alpha value is -2.90. The maximum atomic E-state index is 11.9. The predicted octanol–water partition coefficient (Wildman–Crippen LogP) is 1.18. The molecule has 0 saturated heterocycles. The molecule has 0 fully saturated rings. The summed E-state index contributed by atoms with van der Waals surface area (Å²) in [6.45, 7) is 2.37. The van der Waals surface area contributed by atoms with Crippen molar-refractivity contribution in [3.63, 3.8) is 0 Å². The number of aromatic carboxylic acids is 1. The number of hydrogen-bond acceptors (Lipinski definition) is 5. The van der Waals surface area contributed by atoms with E-state index in [1.807, 2.05) is 6.92 Å². The van der Waals surface area contributed by atoms with Crippen molar-refractivity contribution in [1.82, 2.24) is 20.3 Å². The molecule has 2 N–H and O–H groups in total. The Balaban J connectivity index is 2.45. The van der Waals surface area contributed by atoms with Gasteiger partial charge in [0.05, 0.1) is 7.11 Å². The van der Waals surface area contributed by atoms with Crippen LogP contribution in [-0.2, 0) is 11.3 Å². The molecule has 2 aromatic rings. The Kier molecular flexibility index (Phi) is 5.29. The third-order valence-electron chi connectivity index (χ3n) is 3.17. The molecule has 0 aliphatic heterocycles. The predicted molar refractivity (Wildman–Crippen MR) is 82.3 cm³/mol. The highest BCUT2D eigenvalue weighted by atomic mass is 16.5. The summed E-state index contributed by atoms with van der Waals surface area (Å²) in [6.07, 6.45) is 0.808. The van der Waals surface area contributed by atoms with E-state index in [4.69, 9.17) is 4.74 Å². The van der Waals surface area contributed by atoms with Crippen LogP contribution in [0.25, 0.3) is 11.3 Å². The van der Waals surface area contributed by atoms with Gasteiger partial charge in [-0.1, -0.05) is 24.3 Å². The van der Waals surface area contributed by atoms with E-state index in [2.05, 4.69) is 15.6 Å². The molecule has 122 valence electrons. The van der Waals surface area contributed by atoms with Crippen molar-refractivity contribution >= 4 is 11.9 Å². The van der Waals surface area contributed by atoms with Crippen LogP contribution in [-0.4, -0.2) is 45.6 Å². The SMILES string of the molecule is CCCNC(=O)Cn1nnc(C(=O)O)c1-c1ccccc1OC. The Morgan fingerprint density at radius 3 is 2.74 bits per heavy atom. The molecule has 0 unspecified atom stereocenters. The lowest BCUT2D eigenvalue weighted by atomic mass is 10.1. The highest BCUT2D eigenvalue weighted by Gasteiger charge is 2.24. The van der Waals surface area contributed by atoms with Crippen LogP contribution < -0.4 is 10.1 Å². The summed E-state index contributed by atoms with van der Waals surface area (Å²) in [5.74, 6) is -0.997. The summed E-state index contributed by atoms with van der Waals surface area (Å²) in [5.41, 5.74) is 0.528. The summed E-state index contributed by atoms with van der Waals surface area (Å²) >= 11 is 0. The smallest absolute Gasteiger partial charge is 0.358 e. The molecule has 0 aliphatic rings. The molecule has 0 bridgehead atoms. The Labute approximate surface area is 133 Å². The molecule has 1 amide bonds. The van der Waals surface area contributed by atoms with Crippen LogP contribution in [0.5, 0.6) is 5.75 Å². The fourth-order valence-corrected chi connectivity index (χ4v) is 2.13. The average molecular weight is 318 g/mol. The number of carbonyl (C=O) groups is 2. The minimum atomic E-state index is -1.22. The molecule has 0 spiro atoms. The number of carboxylic acids is 1. The van der Waals surface area contributed by atoms with Gasteiger partial charge in [-0.05, 0) is 18.6 Å². The van der Waals surface area contributed by atoms with Gasteiger partial charge in [0, 0.05) is 12.1 Å². The van der Waals surface area contributed by atoms with Gasteiger partial charge < -0.3 is 15.2 Å². The van der Waals surface area contributed by atoms with Crippen LogP contribution in [0.2, 0.25) is 0 Å². The van der Waals surface area contributed by atoms with E-state index < -0.39 is 5.97 Å². The Bertz CT molecular complexity index is 711. The number of amides is 1. The standard InChI is InChI=1S/C15H18N4O4/c1-3-8-16-12(20)9-19-14(13(15(21)22)17-18-19)10-6-4-5-7-11(10)23-2/h4-7H,3,8-9H2,1-2H3,(H,16,20)(H,21,22). The quantitative estimate of drug-likeness (QED) is 0.794. The largest absolute Gasteiger partial charge is 0.496 e. The molecule has 0 radical (unpaired) electrons. The molecule has 1 heterocycles. The zero-order chi connectivity index (χ0) is 16.8. The minimum absolute atomic E-state index is 0.117. The van der Waals surface area contributed by atoms with E-state index >= 15 is 0 Å². The summed E-state index contributed by atoms with van der Waals surface area (Å²) in [6, 6.07) is 6.92. The van der Waals surface area contributed by atoms with Gasteiger partial charge in [0.15, 0.2) is 5.69 Å². The zero-order valence-corrected chi connectivity index (χ0v) is 12.9. The van der Waals surface area contributed by atoms with E-state index in [1.165, 1.54) is 11.8 Å². The second kappa shape index (κ2) is 7.39. The van der Waals surface area contributed by atoms with Gasteiger partial charge in [-0.3, -0.25) is 4.79 Å². The topological polar surface area (TPSA) is 106 Å². The number of methoxy groups -OCH3 is 1. The summed E-state index contributed by atoms with van der Waals surface area (Å²) in [4.78, 5) is 23.3. The van der Waals surface area contributed by atoms with Gasteiger partial charge in [0.1, 0.15) is 18.0 Å². The van der Waals surface area contributed by atoms with Gasteiger partial charge >= 0.3 is 5.97 Å². The third-order valence-corrected chi connectivity index (χ3v) is 3.17. The van der Waals surface area contributed by atoms with E-state index in [-0.39, 0.29) is 23.8 Å². The van der Waals surface area contributed by atoms with Crippen LogP contribution in [0.4, 0.5) is 0 Å². The summed E-state index contributed by atoms with van der Waals surface area (Å²) in [7, 11) is 1.49. The first-order valence-corrected chi connectivity index (χ1v) is 7.15. The lowest BCUT2D eigenvalue weighted by Crippen LogP contribution is -2.28. The fourth-order valence-electron chi connectivity index (χ4n) is 2.13. The highest BCUT2D eigenvalue weighted by Crippen LogP contribution is 2.31. The number of rotatable bonds is 7. The van der Waals surface area contributed by atoms with Crippen LogP contribution in [0.15, 0.2) is 24.3 Å². The number of carbonyl (C=O) groups excluding carboxylic acids is 1. The van der Waals surface area contributed by atoms with Gasteiger partial charge in [-0.25, -0.2) is 9.48 Å². The van der Waals surface area contributed by atoms with Crippen molar-refractivity contribution in [2.75, 3.05) is 13.7 Å². The maximum absolute atomic E-state index is 11.9. The number of hydrogen-bond donors (Lipinski definition) is 2. The van der Waals surface area contributed by atoms with Gasteiger partial charge in [0.25, 0.3) is 0 Å². The fraction of sp³-hybridized carbons (Fsp3) is 0.333. The van der Waals surface area contributed by atoms with E-state index in [9.17, 15) is 14.7 Å². The molecule has 8 heteroatoms. The van der Waals surface area contributed by atoms with Crippen molar-refractivity contribution < 1.29 is 19.4 Å². The summed E-state index contributed by atoms with van der Waals surface area (Å²) < 4.78 is 6.54. The van der Waals surface area contributed by atoms with Gasteiger partial charge in [-0.2, -0.15) is 0 Å². The van der Waals surface area contributed by atoms with Gasteiger partial charge in [0.2, 0.25) is 5.91 Å². The third kappa shape index (κ3) is 3.65. The molecule has 23 heavy (non-hydrogen) atoms. The monoisotopic (exact) mass is 318 g/mol. The number of para-hydroxylation sites is 1. The van der Waals surface area contributed by atoms with Crippen LogP contribution >= 0.6 is 0 Å². The number of benzene rings is 1. The Morgan fingerprint density at radius 1 is 1.35 bits per heavy atom. The normalized spacial score (nSPS) is 10.3. The first-order chi connectivity index (χ1) is 11.1. The zero-order valence-electron chi connectivity index (χ0n) is 12.9. The maximum Gasteiger partial charge on any atom is 0.358 e. The molecular weight excluding hydrogens is 300 g/mol. The summed E-state index contributed by atoms with van der Waals surface area (Å²) in [5, 5.41) is 19.5. The minimum Gasteiger partial charge on any atom is -0.496 e. The number of carboxylic acid groups (broad SMARTS) is 1. The van der Waals surface area contributed by atoms with Crippen molar-refractivity contribution in [1.29, 1.82) is 0 Å².